The molecule has 2 aromatic carbocycles. The van der Waals surface area contributed by atoms with Crippen LogP contribution >= 0.6 is 0 Å². The number of pyridine rings is 1. The molecule has 1 atom stereocenters. The first-order valence-corrected chi connectivity index (χ1v) is 13.2. The minimum Gasteiger partial charge on any atom is -0.493 e. The summed E-state index contributed by atoms with van der Waals surface area (Å²) >= 11 is 0. The lowest BCUT2D eigenvalue weighted by molar-refractivity contribution is -0.270. The number of aryl methyl sites for hydroxylation is 1. The first kappa shape index (κ1) is 29.0. The summed E-state index contributed by atoms with van der Waals surface area (Å²) in [7, 11) is 1.40. The lowest BCUT2D eigenvalue weighted by Crippen LogP contribution is -2.57. The number of hydrogen-bond donors (Lipinski definition) is 3. The number of nitrogens with zero attached hydrogens (tertiary/aromatic N) is 1. The van der Waals surface area contributed by atoms with E-state index in [1.54, 1.807) is 0 Å². The molecule has 0 radical (unpaired) electrons. The van der Waals surface area contributed by atoms with E-state index >= 15 is 0 Å². The molecule has 3 N–H and O–H groups in total. The van der Waals surface area contributed by atoms with Crippen molar-refractivity contribution in [2.24, 2.45) is 0 Å². The summed E-state index contributed by atoms with van der Waals surface area (Å²) in [6.45, 7) is 1.68. The van der Waals surface area contributed by atoms with E-state index in [-0.39, 0.29) is 47.3 Å². The number of rotatable bonds is 10. The molecule has 3 aromatic rings. The average molecular weight is 575 g/mol. The molecule has 1 saturated carbocycles. The number of carbonyl (C=O) groups is 1. The molecule has 1 aliphatic carbocycles. The zero-order valence-corrected chi connectivity index (χ0v) is 22.5. The molecular formula is C30H30F4N2O5. The maximum atomic E-state index is 14.6. The first-order valence-electron chi connectivity index (χ1n) is 13.2. The van der Waals surface area contributed by atoms with Crippen LogP contribution in [0.1, 0.15) is 52.9 Å². The Hall–Kier alpha value is -3.54. The molecule has 2 aliphatic rings. The van der Waals surface area contributed by atoms with Crippen LogP contribution in [0.2, 0.25) is 0 Å². The molecule has 11 heteroatoms. The average Bonchev–Trinajstić information content (AvgIpc) is 3.75. The maximum Gasteiger partial charge on any atom is 0.422 e. The molecule has 5 rings (SSSR count). The van der Waals surface area contributed by atoms with Gasteiger partial charge in [0, 0.05) is 30.6 Å². The molecule has 1 unspecified atom stereocenters. The van der Waals surface area contributed by atoms with Crippen molar-refractivity contribution >= 4 is 5.78 Å². The normalized spacial score (nSPS) is 17.9. The van der Waals surface area contributed by atoms with Gasteiger partial charge in [0.15, 0.2) is 17.3 Å². The predicted molar refractivity (Wildman–Crippen MR) is 141 cm³/mol. The standard InChI is InChI=1S/C30H30F4N2O5/c1-17-11-18(3-7-22(17)31)23-13-20(28(38)15-35-16-28)14-27(36-23)29(39,30(32,33)34)10-9-24(37)19-4-8-25(26(12-19)40-2)41-21-5-6-21/h3-4,7-8,11-14,21,35,38-39H,5-6,9-10,15-16H2,1-2H3. The number of aliphatic hydroxyl groups is 2. The number of Topliss-reactive ketones (excluding diaryl/α,β-unsaturated/α-hetero) is 1. The highest BCUT2D eigenvalue weighted by molar-refractivity contribution is 5.96. The van der Waals surface area contributed by atoms with Crippen LogP contribution in [0.25, 0.3) is 11.3 Å². The fourth-order valence-corrected chi connectivity index (χ4v) is 4.69. The second-order valence-electron chi connectivity index (χ2n) is 10.7. The highest BCUT2D eigenvalue weighted by Gasteiger charge is 2.56. The van der Waals surface area contributed by atoms with E-state index in [1.807, 2.05) is 0 Å². The smallest absolute Gasteiger partial charge is 0.422 e. The number of aromatic nitrogens is 1. The lowest BCUT2D eigenvalue weighted by atomic mass is 9.83. The predicted octanol–water partition coefficient (Wildman–Crippen LogP) is 4.95. The number of ether oxygens (including phenoxy) is 2. The van der Waals surface area contributed by atoms with Gasteiger partial charge in [0.2, 0.25) is 5.60 Å². The second kappa shape index (κ2) is 10.7. The molecule has 41 heavy (non-hydrogen) atoms. The van der Waals surface area contributed by atoms with Gasteiger partial charge in [-0.15, -0.1) is 0 Å². The number of nitrogens with one attached hydrogen (secondary N) is 1. The van der Waals surface area contributed by atoms with Gasteiger partial charge in [-0.1, -0.05) is 0 Å². The van der Waals surface area contributed by atoms with E-state index in [9.17, 15) is 32.6 Å². The van der Waals surface area contributed by atoms with Crippen molar-refractivity contribution in [3.8, 4) is 22.8 Å². The SMILES string of the molecule is COc1cc(C(=O)CCC(O)(c2cc(C3(O)CNC3)cc(-c3ccc(F)c(C)c3)n2)C(F)(F)F)ccc1OC1CC1. The quantitative estimate of drug-likeness (QED) is 0.233. The lowest BCUT2D eigenvalue weighted by Gasteiger charge is -2.39. The van der Waals surface area contributed by atoms with Gasteiger partial charge in [0.1, 0.15) is 11.4 Å². The summed E-state index contributed by atoms with van der Waals surface area (Å²) in [5.41, 5.74) is -4.97. The van der Waals surface area contributed by atoms with Gasteiger partial charge in [-0.05, 0) is 85.8 Å². The zero-order chi connectivity index (χ0) is 29.6. The number of β-amino-alcohol motifs (C(OH)–C–C–N with tert-alkyl or cyclic N) is 1. The third-order valence-corrected chi connectivity index (χ3v) is 7.56. The van der Waals surface area contributed by atoms with Gasteiger partial charge in [0.25, 0.3) is 0 Å². The highest BCUT2D eigenvalue weighted by Crippen LogP contribution is 2.44. The Labute approximate surface area is 234 Å². The third-order valence-electron chi connectivity index (χ3n) is 7.56. The van der Waals surface area contributed by atoms with E-state index in [0.717, 1.165) is 18.9 Å². The Morgan fingerprint density at radius 3 is 2.41 bits per heavy atom. The van der Waals surface area contributed by atoms with E-state index < -0.39 is 47.5 Å². The summed E-state index contributed by atoms with van der Waals surface area (Å²) in [5.74, 6) is -0.423. The van der Waals surface area contributed by atoms with Crippen LogP contribution in [-0.4, -0.2) is 53.5 Å². The summed E-state index contributed by atoms with van der Waals surface area (Å²) in [5, 5.41) is 25.0. The van der Waals surface area contributed by atoms with E-state index in [4.69, 9.17) is 9.47 Å². The number of hydrogen-bond acceptors (Lipinski definition) is 7. The molecule has 1 saturated heterocycles. The van der Waals surface area contributed by atoms with Crippen LogP contribution in [0.5, 0.6) is 11.5 Å². The van der Waals surface area contributed by atoms with E-state index in [2.05, 4.69) is 10.3 Å². The molecular weight excluding hydrogens is 544 g/mol. The first-order chi connectivity index (χ1) is 19.3. The molecule has 1 aromatic heterocycles. The summed E-state index contributed by atoms with van der Waals surface area (Å²) in [6.07, 6.45) is -5.00. The number of halogens is 4. The summed E-state index contributed by atoms with van der Waals surface area (Å²) in [4.78, 5) is 17.2. The fourth-order valence-electron chi connectivity index (χ4n) is 4.69. The van der Waals surface area contributed by atoms with Gasteiger partial charge in [-0.2, -0.15) is 13.2 Å². The van der Waals surface area contributed by atoms with E-state index in [1.165, 1.54) is 56.5 Å². The Kier molecular flexibility index (Phi) is 7.56. The number of ketones is 1. The molecule has 0 spiro atoms. The van der Waals surface area contributed by atoms with Crippen molar-refractivity contribution in [2.75, 3.05) is 20.2 Å². The van der Waals surface area contributed by atoms with Crippen molar-refractivity contribution in [2.45, 2.75) is 56.1 Å². The van der Waals surface area contributed by atoms with Crippen LogP contribution in [0.3, 0.4) is 0 Å². The van der Waals surface area contributed by atoms with Gasteiger partial charge in [-0.3, -0.25) is 4.79 Å². The largest absolute Gasteiger partial charge is 0.493 e. The molecule has 0 amide bonds. The number of methoxy groups -OCH3 is 1. The zero-order valence-electron chi connectivity index (χ0n) is 22.5. The number of alkyl halides is 3. The van der Waals surface area contributed by atoms with Crippen molar-refractivity contribution in [3.05, 3.63) is 76.7 Å². The minimum absolute atomic E-state index is 0.0194. The van der Waals surface area contributed by atoms with Crippen molar-refractivity contribution in [1.29, 1.82) is 0 Å². The maximum absolute atomic E-state index is 14.6. The van der Waals surface area contributed by atoms with Gasteiger partial charge in [0.05, 0.1) is 24.6 Å². The molecule has 218 valence electrons. The summed E-state index contributed by atoms with van der Waals surface area (Å²) in [6, 6.07) is 10.8. The monoisotopic (exact) mass is 574 g/mol. The fraction of sp³-hybridized carbons (Fsp3) is 0.400. The number of benzene rings is 2. The Balaban J connectivity index is 1.48. The van der Waals surface area contributed by atoms with Crippen LogP contribution < -0.4 is 14.8 Å². The highest BCUT2D eigenvalue weighted by atomic mass is 19.4. The second-order valence-corrected chi connectivity index (χ2v) is 10.7. The molecule has 2 fully saturated rings. The Morgan fingerprint density at radius 1 is 1.10 bits per heavy atom. The van der Waals surface area contributed by atoms with Crippen molar-refractivity contribution < 1.29 is 42.0 Å². The molecule has 2 heterocycles. The summed E-state index contributed by atoms with van der Waals surface area (Å²) < 4.78 is 68.6. The third kappa shape index (κ3) is 5.79. The Morgan fingerprint density at radius 2 is 1.83 bits per heavy atom. The van der Waals surface area contributed by atoms with Crippen LogP contribution in [0, 0.1) is 12.7 Å². The van der Waals surface area contributed by atoms with Gasteiger partial charge < -0.3 is 25.0 Å². The number of carbonyl (C=O) groups excluding carboxylic acids is 1. The van der Waals surface area contributed by atoms with Gasteiger partial charge >= 0.3 is 6.18 Å². The molecule has 0 bridgehead atoms. The van der Waals surface area contributed by atoms with Gasteiger partial charge in [-0.25, -0.2) is 9.37 Å². The topological polar surface area (TPSA) is 101 Å². The molecule has 7 nitrogen and oxygen atoms in total. The Bertz CT molecular complexity index is 1470. The minimum atomic E-state index is -5.21. The van der Waals surface area contributed by atoms with Crippen LogP contribution in [-0.2, 0) is 11.2 Å². The van der Waals surface area contributed by atoms with Crippen molar-refractivity contribution in [3.63, 3.8) is 0 Å². The van der Waals surface area contributed by atoms with E-state index in [0.29, 0.717) is 11.3 Å². The molecule has 1 aliphatic heterocycles. The van der Waals surface area contributed by atoms with Crippen LogP contribution in [0.15, 0.2) is 48.5 Å². The van der Waals surface area contributed by atoms with Crippen molar-refractivity contribution in [1.82, 2.24) is 10.3 Å². The van der Waals surface area contributed by atoms with Crippen LogP contribution in [0.4, 0.5) is 17.6 Å².